The fraction of sp³-hybridized carbons (Fsp3) is 0.0625. The summed E-state index contributed by atoms with van der Waals surface area (Å²) in [5.74, 6) is 1.11. The Morgan fingerprint density at radius 3 is 2.95 bits per heavy atom. The van der Waals surface area contributed by atoms with Gasteiger partial charge in [0.1, 0.15) is 5.82 Å². The fourth-order valence-electron chi connectivity index (χ4n) is 2.03. The lowest BCUT2D eigenvalue weighted by Crippen LogP contribution is -2.11. The average molecular weight is 328 g/mol. The molecule has 0 bridgehead atoms. The van der Waals surface area contributed by atoms with Gasteiger partial charge in [-0.25, -0.2) is 4.98 Å². The molecule has 1 aromatic heterocycles. The zero-order valence-corrected chi connectivity index (χ0v) is 12.9. The van der Waals surface area contributed by atoms with E-state index in [1.807, 2.05) is 18.2 Å². The summed E-state index contributed by atoms with van der Waals surface area (Å²) in [5.41, 5.74) is 1.03. The van der Waals surface area contributed by atoms with Crippen LogP contribution in [0.3, 0.4) is 0 Å². The van der Waals surface area contributed by atoms with Gasteiger partial charge in [-0.2, -0.15) is 5.26 Å². The predicted octanol–water partition coefficient (Wildman–Crippen LogP) is 3.74. The molecular formula is C16H10ClN3OS. The first kappa shape index (κ1) is 14.6. The van der Waals surface area contributed by atoms with Gasteiger partial charge in [0.05, 0.1) is 28.3 Å². The third-order valence-corrected chi connectivity index (χ3v) is 4.30. The number of hydrogen-bond acceptors (Lipinski definition) is 4. The molecule has 0 atom stereocenters. The van der Waals surface area contributed by atoms with E-state index in [0.717, 1.165) is 4.90 Å². The van der Waals surface area contributed by atoms with E-state index in [2.05, 4.69) is 16.0 Å². The molecule has 1 N–H and O–H groups in total. The summed E-state index contributed by atoms with van der Waals surface area (Å²) in [6.07, 6.45) is 0. The quantitative estimate of drug-likeness (QED) is 0.744. The maximum atomic E-state index is 12.1. The number of benzene rings is 2. The van der Waals surface area contributed by atoms with E-state index in [1.54, 1.807) is 24.3 Å². The number of aromatic nitrogens is 2. The van der Waals surface area contributed by atoms with Crippen molar-refractivity contribution in [3.05, 3.63) is 69.2 Å². The van der Waals surface area contributed by atoms with Gasteiger partial charge in [0, 0.05) is 9.92 Å². The van der Waals surface area contributed by atoms with Crippen LogP contribution >= 0.6 is 23.4 Å². The van der Waals surface area contributed by atoms with Gasteiger partial charge >= 0.3 is 0 Å². The van der Waals surface area contributed by atoms with E-state index in [4.69, 9.17) is 16.9 Å². The molecule has 6 heteroatoms. The fourth-order valence-corrected chi connectivity index (χ4v) is 3.03. The predicted molar refractivity (Wildman–Crippen MR) is 88.1 cm³/mol. The van der Waals surface area contributed by atoms with Gasteiger partial charge in [-0.05, 0) is 36.4 Å². The number of aromatic amines is 1. The van der Waals surface area contributed by atoms with Crippen molar-refractivity contribution in [3.8, 4) is 6.07 Å². The van der Waals surface area contributed by atoms with Crippen LogP contribution in [0.2, 0.25) is 5.02 Å². The van der Waals surface area contributed by atoms with E-state index in [1.165, 1.54) is 11.8 Å². The van der Waals surface area contributed by atoms with Crippen LogP contribution in [0.4, 0.5) is 0 Å². The van der Waals surface area contributed by atoms with Crippen molar-refractivity contribution in [1.82, 2.24) is 9.97 Å². The first-order valence-electron chi connectivity index (χ1n) is 6.47. The number of H-pyrrole nitrogens is 1. The van der Waals surface area contributed by atoms with Crippen molar-refractivity contribution in [1.29, 1.82) is 5.26 Å². The second-order valence-electron chi connectivity index (χ2n) is 4.60. The number of nitrogens with one attached hydrogen (secondary N) is 1. The molecule has 22 heavy (non-hydrogen) atoms. The highest BCUT2D eigenvalue weighted by Crippen LogP contribution is 2.22. The summed E-state index contributed by atoms with van der Waals surface area (Å²) in [5, 5.41) is 9.88. The Labute approximate surface area is 135 Å². The van der Waals surface area contributed by atoms with Crippen molar-refractivity contribution in [2.75, 3.05) is 0 Å². The highest BCUT2D eigenvalue weighted by atomic mass is 35.5. The molecule has 4 nitrogen and oxygen atoms in total. The largest absolute Gasteiger partial charge is 0.309 e. The topological polar surface area (TPSA) is 69.5 Å². The van der Waals surface area contributed by atoms with E-state index < -0.39 is 0 Å². The highest BCUT2D eigenvalue weighted by Gasteiger charge is 2.05. The van der Waals surface area contributed by atoms with Crippen molar-refractivity contribution in [3.63, 3.8) is 0 Å². The molecular weight excluding hydrogens is 318 g/mol. The number of nitrogens with zero attached hydrogens (tertiary/aromatic N) is 2. The van der Waals surface area contributed by atoms with Crippen LogP contribution in [0, 0.1) is 11.3 Å². The Bertz CT molecular complexity index is 946. The van der Waals surface area contributed by atoms with E-state index >= 15 is 0 Å². The molecule has 0 saturated carbocycles. The molecule has 0 aliphatic rings. The highest BCUT2D eigenvalue weighted by molar-refractivity contribution is 7.98. The summed E-state index contributed by atoms with van der Waals surface area (Å²) < 4.78 is 0. The molecule has 0 spiro atoms. The molecule has 0 aliphatic heterocycles. The van der Waals surface area contributed by atoms with Crippen LogP contribution in [-0.2, 0) is 5.75 Å². The smallest absolute Gasteiger partial charge is 0.258 e. The second-order valence-corrected chi connectivity index (χ2v) is 6.09. The minimum absolute atomic E-state index is 0.200. The van der Waals surface area contributed by atoms with Crippen LogP contribution in [0.25, 0.3) is 10.9 Å². The zero-order chi connectivity index (χ0) is 15.5. The minimum atomic E-state index is -0.200. The van der Waals surface area contributed by atoms with Gasteiger partial charge in [0.25, 0.3) is 5.56 Å². The number of nitriles is 1. The Balaban J connectivity index is 1.87. The summed E-state index contributed by atoms with van der Waals surface area (Å²) >= 11 is 7.40. The summed E-state index contributed by atoms with van der Waals surface area (Å²) in [6.45, 7) is 0. The number of fused-ring (bicyclic) bond motifs is 1. The third kappa shape index (κ3) is 3.14. The maximum absolute atomic E-state index is 12.1. The molecule has 2 aromatic carbocycles. The monoisotopic (exact) mass is 327 g/mol. The standard InChI is InChI=1S/C16H10ClN3OS/c17-11-4-5-14-13(7-11)16(21)20-15(19-14)9-22-12-3-1-2-10(6-12)8-18/h1-7H,9H2,(H,19,20,21). The Hall–Kier alpha value is -2.29. The van der Waals surface area contributed by atoms with E-state index in [-0.39, 0.29) is 5.56 Å². The van der Waals surface area contributed by atoms with Crippen LogP contribution < -0.4 is 5.56 Å². The van der Waals surface area contributed by atoms with Crippen molar-refractivity contribution < 1.29 is 0 Å². The molecule has 0 amide bonds. The molecule has 108 valence electrons. The van der Waals surface area contributed by atoms with Gasteiger partial charge in [0.15, 0.2) is 0 Å². The molecule has 3 rings (SSSR count). The zero-order valence-electron chi connectivity index (χ0n) is 11.3. The lowest BCUT2D eigenvalue weighted by atomic mass is 10.2. The molecule has 0 radical (unpaired) electrons. The molecule has 3 aromatic rings. The van der Waals surface area contributed by atoms with Gasteiger partial charge in [-0.3, -0.25) is 4.79 Å². The van der Waals surface area contributed by atoms with Gasteiger partial charge in [-0.15, -0.1) is 11.8 Å². The van der Waals surface area contributed by atoms with Gasteiger partial charge < -0.3 is 4.98 Å². The summed E-state index contributed by atoms with van der Waals surface area (Å²) in [7, 11) is 0. The van der Waals surface area contributed by atoms with Crippen LogP contribution in [-0.4, -0.2) is 9.97 Å². The number of rotatable bonds is 3. The van der Waals surface area contributed by atoms with Gasteiger partial charge in [-0.1, -0.05) is 17.7 Å². The Morgan fingerprint density at radius 1 is 1.27 bits per heavy atom. The molecule has 0 saturated heterocycles. The number of hydrogen-bond donors (Lipinski definition) is 1. The molecule has 0 aliphatic carbocycles. The third-order valence-electron chi connectivity index (χ3n) is 3.06. The van der Waals surface area contributed by atoms with Crippen LogP contribution in [0.5, 0.6) is 0 Å². The number of halogens is 1. The Morgan fingerprint density at radius 2 is 2.14 bits per heavy atom. The first-order valence-corrected chi connectivity index (χ1v) is 7.83. The average Bonchev–Trinajstić information content (AvgIpc) is 2.54. The van der Waals surface area contributed by atoms with E-state index in [0.29, 0.717) is 33.1 Å². The normalized spacial score (nSPS) is 10.5. The van der Waals surface area contributed by atoms with Crippen molar-refractivity contribution in [2.45, 2.75) is 10.6 Å². The minimum Gasteiger partial charge on any atom is -0.309 e. The van der Waals surface area contributed by atoms with Crippen molar-refractivity contribution in [2.24, 2.45) is 0 Å². The lowest BCUT2D eigenvalue weighted by Gasteiger charge is -2.04. The summed E-state index contributed by atoms with van der Waals surface area (Å²) in [4.78, 5) is 20.2. The van der Waals surface area contributed by atoms with Crippen LogP contribution in [0.1, 0.15) is 11.4 Å². The molecule has 0 fully saturated rings. The molecule has 0 unspecified atom stereocenters. The number of thioether (sulfide) groups is 1. The molecule has 1 heterocycles. The lowest BCUT2D eigenvalue weighted by molar-refractivity contribution is 1.04. The first-order chi connectivity index (χ1) is 10.7. The van der Waals surface area contributed by atoms with Crippen molar-refractivity contribution >= 4 is 34.3 Å². The summed E-state index contributed by atoms with van der Waals surface area (Å²) in [6, 6.07) is 14.5. The SMILES string of the molecule is N#Cc1cccc(SCc2nc3ccc(Cl)cc3c(=O)[nH]2)c1. The Kier molecular flexibility index (Phi) is 4.14. The van der Waals surface area contributed by atoms with E-state index in [9.17, 15) is 4.79 Å². The van der Waals surface area contributed by atoms with Crippen LogP contribution in [0.15, 0.2) is 52.2 Å². The second kappa shape index (κ2) is 6.22. The van der Waals surface area contributed by atoms with Gasteiger partial charge in [0.2, 0.25) is 0 Å². The maximum Gasteiger partial charge on any atom is 0.258 e.